The number of para-hydroxylation sites is 1. The van der Waals surface area contributed by atoms with E-state index < -0.39 is 0 Å². The van der Waals surface area contributed by atoms with Crippen molar-refractivity contribution in [1.82, 2.24) is 19.7 Å². The van der Waals surface area contributed by atoms with Crippen LogP contribution in [-0.4, -0.2) is 71.9 Å². The maximum atomic E-state index is 12.9. The number of aromatic nitrogens is 1. The topological polar surface area (TPSA) is 39.7 Å². The molecule has 3 aromatic rings. The van der Waals surface area contributed by atoms with E-state index in [1.807, 2.05) is 36.2 Å². The maximum Gasteiger partial charge on any atom is 0.237 e. The van der Waals surface area contributed by atoms with Crippen molar-refractivity contribution in [2.75, 3.05) is 46.3 Å². The summed E-state index contributed by atoms with van der Waals surface area (Å²) in [6, 6.07) is 18.5. The van der Waals surface area contributed by atoms with E-state index in [4.69, 9.17) is 4.98 Å². The number of fused-ring (bicyclic) bond motifs is 1. The Hall–Kier alpha value is -2.54. The van der Waals surface area contributed by atoms with Crippen molar-refractivity contribution in [2.45, 2.75) is 13.0 Å². The lowest BCUT2D eigenvalue weighted by Crippen LogP contribution is -2.49. The predicted octanol–water partition coefficient (Wildman–Crippen LogP) is 4.15. The molecular weight excluding hydrogens is 404 g/mol. The highest BCUT2D eigenvalue weighted by Gasteiger charge is 2.24. The predicted molar refractivity (Wildman–Crippen MR) is 129 cm³/mol. The third-order valence-corrected chi connectivity index (χ3v) is 7.15. The Morgan fingerprint density at radius 1 is 1.06 bits per heavy atom. The van der Waals surface area contributed by atoms with Gasteiger partial charge in [-0.25, -0.2) is 4.98 Å². The lowest BCUT2D eigenvalue weighted by atomic mass is 10.2. The molecule has 162 valence electrons. The van der Waals surface area contributed by atoms with E-state index in [2.05, 4.69) is 59.2 Å². The minimum Gasteiger partial charge on any atom is -0.335 e. The van der Waals surface area contributed by atoms with Gasteiger partial charge in [-0.1, -0.05) is 54.6 Å². The number of thiazole rings is 1. The highest BCUT2D eigenvalue weighted by molar-refractivity contribution is 7.18. The van der Waals surface area contributed by atoms with E-state index in [0.717, 1.165) is 43.2 Å². The van der Waals surface area contributed by atoms with Crippen molar-refractivity contribution < 1.29 is 4.79 Å². The van der Waals surface area contributed by atoms with Crippen LogP contribution in [0.4, 0.5) is 0 Å². The fourth-order valence-corrected chi connectivity index (χ4v) is 4.85. The van der Waals surface area contributed by atoms with Crippen molar-refractivity contribution in [3.63, 3.8) is 0 Å². The molecule has 0 saturated carbocycles. The molecule has 6 heteroatoms. The standard InChI is InChI=1S/C25H30N4OS/c1-20(25-26-22-12-6-7-13-23(22)31-25)27(2)24(30)19-29-17-15-28(16-18-29)14-8-11-21-9-4-3-5-10-21/h3-13,20H,14-19H2,1-2H3/b11-8+. The second-order valence-electron chi connectivity index (χ2n) is 8.09. The zero-order valence-corrected chi connectivity index (χ0v) is 19.1. The molecule has 0 radical (unpaired) electrons. The van der Waals surface area contributed by atoms with Crippen molar-refractivity contribution in [1.29, 1.82) is 0 Å². The summed E-state index contributed by atoms with van der Waals surface area (Å²) in [5.41, 5.74) is 2.24. The Bertz CT molecular complexity index is 991. The van der Waals surface area contributed by atoms with Crippen LogP contribution in [-0.2, 0) is 4.79 Å². The summed E-state index contributed by atoms with van der Waals surface area (Å²) in [6.45, 7) is 7.31. The average molecular weight is 435 g/mol. The lowest BCUT2D eigenvalue weighted by Gasteiger charge is -2.35. The second-order valence-corrected chi connectivity index (χ2v) is 9.15. The zero-order valence-electron chi connectivity index (χ0n) is 18.3. The van der Waals surface area contributed by atoms with E-state index in [1.165, 1.54) is 10.3 Å². The normalized spacial score (nSPS) is 16.7. The maximum absolute atomic E-state index is 12.9. The van der Waals surface area contributed by atoms with Gasteiger partial charge in [-0.3, -0.25) is 14.6 Å². The van der Waals surface area contributed by atoms with E-state index in [-0.39, 0.29) is 11.9 Å². The van der Waals surface area contributed by atoms with Crippen molar-refractivity contribution >= 4 is 33.5 Å². The van der Waals surface area contributed by atoms with Crippen LogP contribution in [0.1, 0.15) is 23.5 Å². The first-order valence-electron chi connectivity index (χ1n) is 10.9. The number of hydrogen-bond donors (Lipinski definition) is 0. The Morgan fingerprint density at radius 3 is 2.48 bits per heavy atom. The van der Waals surface area contributed by atoms with Gasteiger partial charge in [-0.2, -0.15) is 0 Å². The molecule has 2 aromatic carbocycles. The number of amides is 1. The minimum absolute atomic E-state index is 0.0192. The number of benzene rings is 2. The number of carbonyl (C=O) groups is 1. The van der Waals surface area contributed by atoms with Gasteiger partial charge >= 0.3 is 0 Å². The summed E-state index contributed by atoms with van der Waals surface area (Å²) in [6.07, 6.45) is 4.40. The first-order chi connectivity index (χ1) is 15.1. The minimum atomic E-state index is -0.0192. The first-order valence-corrected chi connectivity index (χ1v) is 11.7. The van der Waals surface area contributed by atoms with Crippen LogP contribution in [0, 0.1) is 0 Å². The van der Waals surface area contributed by atoms with Crippen LogP contribution in [0.3, 0.4) is 0 Å². The molecule has 1 saturated heterocycles. The first kappa shape index (κ1) is 21.7. The number of piperazine rings is 1. The fourth-order valence-electron chi connectivity index (χ4n) is 3.79. The highest BCUT2D eigenvalue weighted by atomic mass is 32.1. The van der Waals surface area contributed by atoms with Gasteiger partial charge in [0.15, 0.2) is 0 Å². The lowest BCUT2D eigenvalue weighted by molar-refractivity contribution is -0.133. The SMILES string of the molecule is CC(c1nc2ccccc2s1)N(C)C(=O)CN1CCN(C/C=C/c2ccccc2)CC1. The van der Waals surface area contributed by atoms with Gasteiger partial charge in [0, 0.05) is 39.8 Å². The molecule has 1 aromatic heterocycles. The summed E-state index contributed by atoms with van der Waals surface area (Å²) in [5.74, 6) is 0.157. The number of carbonyl (C=O) groups excluding carboxylic acids is 1. The van der Waals surface area contributed by atoms with Crippen LogP contribution in [0.25, 0.3) is 16.3 Å². The zero-order chi connectivity index (χ0) is 21.6. The molecule has 0 bridgehead atoms. The number of likely N-dealkylation sites (N-methyl/N-ethyl adjacent to an activating group) is 1. The molecule has 2 heterocycles. The molecule has 0 spiro atoms. The van der Waals surface area contributed by atoms with Crippen molar-refractivity contribution in [3.05, 3.63) is 71.2 Å². The molecule has 1 aliphatic rings. The van der Waals surface area contributed by atoms with E-state index in [0.29, 0.717) is 6.54 Å². The van der Waals surface area contributed by atoms with Gasteiger partial charge < -0.3 is 4.90 Å². The summed E-state index contributed by atoms with van der Waals surface area (Å²) >= 11 is 1.67. The van der Waals surface area contributed by atoms with Crippen LogP contribution < -0.4 is 0 Å². The highest BCUT2D eigenvalue weighted by Crippen LogP contribution is 2.28. The van der Waals surface area contributed by atoms with Gasteiger partial charge in [0.25, 0.3) is 0 Å². The summed E-state index contributed by atoms with van der Waals surface area (Å²) in [7, 11) is 1.89. The number of hydrogen-bond acceptors (Lipinski definition) is 5. The Labute approximate surface area is 188 Å². The summed E-state index contributed by atoms with van der Waals surface area (Å²) in [5, 5.41) is 0.993. The van der Waals surface area contributed by atoms with Crippen molar-refractivity contribution in [2.24, 2.45) is 0 Å². The molecule has 1 aliphatic heterocycles. The number of rotatable bonds is 7. The van der Waals surface area contributed by atoms with E-state index >= 15 is 0 Å². The second kappa shape index (κ2) is 10.2. The van der Waals surface area contributed by atoms with E-state index in [1.54, 1.807) is 11.3 Å². The molecule has 0 N–H and O–H groups in total. The Balaban J connectivity index is 1.24. The Kier molecular flexibility index (Phi) is 7.12. The quantitative estimate of drug-likeness (QED) is 0.560. The third kappa shape index (κ3) is 5.58. The largest absolute Gasteiger partial charge is 0.335 e. The monoisotopic (exact) mass is 434 g/mol. The van der Waals surface area contributed by atoms with Gasteiger partial charge in [0.05, 0.1) is 22.8 Å². The molecule has 1 amide bonds. The molecule has 1 atom stereocenters. The van der Waals surface area contributed by atoms with Gasteiger partial charge in [-0.15, -0.1) is 11.3 Å². The fraction of sp³-hybridized carbons (Fsp3) is 0.360. The van der Waals surface area contributed by atoms with Crippen LogP contribution in [0.15, 0.2) is 60.7 Å². The third-order valence-electron chi connectivity index (χ3n) is 5.94. The summed E-state index contributed by atoms with van der Waals surface area (Å²) < 4.78 is 1.17. The van der Waals surface area contributed by atoms with E-state index in [9.17, 15) is 4.79 Å². The molecule has 5 nitrogen and oxygen atoms in total. The van der Waals surface area contributed by atoms with Crippen LogP contribution in [0.2, 0.25) is 0 Å². The van der Waals surface area contributed by atoms with Crippen LogP contribution >= 0.6 is 11.3 Å². The van der Waals surface area contributed by atoms with Gasteiger partial charge in [0.1, 0.15) is 5.01 Å². The summed E-state index contributed by atoms with van der Waals surface area (Å²) in [4.78, 5) is 24.2. The van der Waals surface area contributed by atoms with Crippen molar-refractivity contribution in [3.8, 4) is 0 Å². The molecule has 4 rings (SSSR count). The molecular formula is C25H30N4OS. The average Bonchev–Trinajstić information content (AvgIpc) is 3.24. The molecule has 0 aliphatic carbocycles. The Morgan fingerprint density at radius 2 is 1.74 bits per heavy atom. The molecule has 1 fully saturated rings. The molecule has 1 unspecified atom stereocenters. The number of nitrogens with zero attached hydrogens (tertiary/aromatic N) is 4. The van der Waals surface area contributed by atoms with Crippen LogP contribution in [0.5, 0.6) is 0 Å². The van der Waals surface area contributed by atoms with Gasteiger partial charge in [0.2, 0.25) is 5.91 Å². The van der Waals surface area contributed by atoms with Gasteiger partial charge in [-0.05, 0) is 24.6 Å². The molecule has 31 heavy (non-hydrogen) atoms. The smallest absolute Gasteiger partial charge is 0.237 e.